The van der Waals surface area contributed by atoms with E-state index in [1.165, 1.54) is 128 Å². The average molecular weight is 832 g/mol. The summed E-state index contributed by atoms with van der Waals surface area (Å²) in [6.07, 6.45) is 42.8. The lowest BCUT2D eigenvalue weighted by atomic mass is 10.1. The standard InChI is InChI=1S/C27H52NO8P.C18H34O2/c1-2-3-4-5-6-7-8-9-10-11-12-13-14-15-16-20-27(31)34-23-18-24-35-37(32,33)36-25-22-28-21-17-19-26(29)30;1-2-3-4-5-6-7-8-9-10-11-12-13-14-15-16-17-18(19)20/h9-10,28H,2-8,11-25H2,1H3,(H,29,30)(H,32,33);9-10H,2-8,11-17H2,1H3,(H,19,20)/b2*10-9-. The Morgan fingerprint density at radius 2 is 0.860 bits per heavy atom. The summed E-state index contributed by atoms with van der Waals surface area (Å²) in [6.45, 7) is 5.34. The smallest absolute Gasteiger partial charge is 0.472 e. The van der Waals surface area contributed by atoms with Crippen molar-refractivity contribution in [1.29, 1.82) is 0 Å². The Balaban J connectivity index is 0. The number of carbonyl (C=O) groups excluding carboxylic acids is 1. The van der Waals surface area contributed by atoms with Crippen molar-refractivity contribution in [3.63, 3.8) is 0 Å². The zero-order valence-electron chi connectivity index (χ0n) is 36.4. The van der Waals surface area contributed by atoms with Gasteiger partial charge >= 0.3 is 25.7 Å². The fourth-order valence-electron chi connectivity index (χ4n) is 5.94. The van der Waals surface area contributed by atoms with Crippen molar-refractivity contribution in [1.82, 2.24) is 5.32 Å². The number of esters is 1. The molecule has 0 aromatic rings. The normalized spacial score (nSPS) is 12.5. The molecule has 11 nitrogen and oxygen atoms in total. The van der Waals surface area contributed by atoms with Gasteiger partial charge in [0.05, 0.1) is 19.8 Å². The van der Waals surface area contributed by atoms with E-state index in [2.05, 4.69) is 43.5 Å². The third kappa shape index (κ3) is 54.0. The molecule has 0 aliphatic rings. The molecule has 0 radical (unpaired) electrons. The fraction of sp³-hybridized carbons (Fsp3) is 0.844. The zero-order chi connectivity index (χ0) is 42.3. The monoisotopic (exact) mass is 832 g/mol. The first kappa shape index (κ1) is 57.1. The molecule has 0 saturated heterocycles. The molecular formula is C45H86NO10P. The first-order chi connectivity index (χ1) is 27.6. The minimum atomic E-state index is -4.15. The largest absolute Gasteiger partial charge is 0.481 e. The summed E-state index contributed by atoms with van der Waals surface area (Å²) in [6, 6.07) is 0. The molecule has 0 aliphatic carbocycles. The number of ether oxygens (including phenoxy) is 1. The maximum Gasteiger partial charge on any atom is 0.472 e. The van der Waals surface area contributed by atoms with E-state index in [1.807, 2.05) is 0 Å². The third-order valence-electron chi connectivity index (χ3n) is 9.38. The number of phosphoric ester groups is 1. The molecule has 1 unspecified atom stereocenters. The highest BCUT2D eigenvalue weighted by Crippen LogP contribution is 2.42. The lowest BCUT2D eigenvalue weighted by molar-refractivity contribution is -0.144. The van der Waals surface area contributed by atoms with E-state index in [9.17, 15) is 23.8 Å². The number of allylic oxidation sites excluding steroid dienone is 4. The van der Waals surface area contributed by atoms with Gasteiger partial charge in [0.1, 0.15) is 0 Å². The van der Waals surface area contributed by atoms with E-state index < -0.39 is 19.8 Å². The van der Waals surface area contributed by atoms with E-state index in [-0.39, 0.29) is 32.2 Å². The molecule has 12 heteroatoms. The van der Waals surface area contributed by atoms with Gasteiger partial charge in [-0.3, -0.25) is 23.4 Å². The highest BCUT2D eigenvalue weighted by molar-refractivity contribution is 7.47. The summed E-state index contributed by atoms with van der Waals surface area (Å²) in [5, 5.41) is 20.0. The second kappa shape index (κ2) is 46.6. The Labute approximate surface area is 348 Å². The SMILES string of the molecule is CCCCCCCC/C=C\CCCCCCCC(=O)O.CCCCCCCC/C=C\CCCCCCCC(=O)OCCCOP(=O)(O)OCCNCCCC(=O)O. The number of carbonyl (C=O) groups is 3. The minimum Gasteiger partial charge on any atom is -0.481 e. The molecule has 4 N–H and O–H groups in total. The second-order valence-corrected chi connectivity index (χ2v) is 16.5. The summed E-state index contributed by atoms with van der Waals surface area (Å²) >= 11 is 0. The van der Waals surface area contributed by atoms with Gasteiger partial charge in [-0.25, -0.2) is 4.57 Å². The van der Waals surface area contributed by atoms with Crippen LogP contribution in [0.1, 0.15) is 213 Å². The number of phosphoric acid groups is 1. The molecule has 0 aliphatic heterocycles. The average Bonchev–Trinajstić information content (AvgIpc) is 3.17. The number of carboxylic acids is 2. The molecule has 0 rings (SSSR count). The van der Waals surface area contributed by atoms with Gasteiger partial charge in [0.2, 0.25) is 0 Å². The van der Waals surface area contributed by atoms with Crippen molar-refractivity contribution >= 4 is 25.7 Å². The van der Waals surface area contributed by atoms with Gasteiger partial charge in [0, 0.05) is 32.2 Å². The van der Waals surface area contributed by atoms with Crippen LogP contribution in [-0.2, 0) is 32.7 Å². The topological polar surface area (TPSA) is 169 Å². The molecule has 1 atom stereocenters. The molecule has 0 saturated carbocycles. The second-order valence-electron chi connectivity index (χ2n) is 15.0. The van der Waals surface area contributed by atoms with E-state index in [0.717, 1.165) is 38.5 Å². The lowest BCUT2D eigenvalue weighted by Crippen LogP contribution is -2.21. The molecule has 0 fully saturated rings. The predicted molar refractivity (Wildman–Crippen MR) is 234 cm³/mol. The molecule has 0 spiro atoms. The fourth-order valence-corrected chi connectivity index (χ4v) is 6.70. The van der Waals surface area contributed by atoms with Gasteiger partial charge in [-0.2, -0.15) is 0 Å². The lowest BCUT2D eigenvalue weighted by Gasteiger charge is -2.12. The molecule has 57 heavy (non-hydrogen) atoms. The molecule has 0 aromatic carbocycles. The van der Waals surface area contributed by atoms with Gasteiger partial charge < -0.3 is 25.2 Å². The summed E-state index contributed by atoms with van der Waals surface area (Å²) in [7, 11) is -4.15. The number of carboxylic acid groups (broad SMARTS) is 2. The highest BCUT2D eigenvalue weighted by atomic mass is 31.2. The summed E-state index contributed by atoms with van der Waals surface area (Å²) < 4.78 is 26.6. The summed E-state index contributed by atoms with van der Waals surface area (Å²) in [5.74, 6) is -1.78. The maximum absolute atomic E-state index is 11.8. The maximum atomic E-state index is 11.8. The van der Waals surface area contributed by atoms with Crippen molar-refractivity contribution in [2.75, 3.05) is 32.9 Å². The van der Waals surface area contributed by atoms with Gasteiger partial charge in [-0.05, 0) is 77.2 Å². The van der Waals surface area contributed by atoms with Gasteiger partial charge in [-0.1, -0.05) is 141 Å². The molecule has 336 valence electrons. The van der Waals surface area contributed by atoms with Crippen LogP contribution in [0, 0.1) is 0 Å². The highest BCUT2D eigenvalue weighted by Gasteiger charge is 2.20. The summed E-state index contributed by atoms with van der Waals surface area (Å²) in [5.41, 5.74) is 0. The van der Waals surface area contributed by atoms with E-state index in [1.54, 1.807) is 0 Å². The van der Waals surface area contributed by atoms with E-state index in [0.29, 0.717) is 38.8 Å². The Morgan fingerprint density at radius 3 is 1.32 bits per heavy atom. The predicted octanol–water partition coefficient (Wildman–Crippen LogP) is 12.7. The van der Waals surface area contributed by atoms with Crippen LogP contribution in [0.3, 0.4) is 0 Å². The van der Waals surface area contributed by atoms with Crippen LogP contribution < -0.4 is 5.32 Å². The first-order valence-electron chi connectivity index (χ1n) is 22.9. The van der Waals surface area contributed by atoms with Crippen LogP contribution in [0.5, 0.6) is 0 Å². The number of nitrogens with one attached hydrogen (secondary N) is 1. The Bertz CT molecular complexity index is 1010. The molecule has 0 aromatic heterocycles. The molecule has 0 bridgehead atoms. The Morgan fingerprint density at radius 1 is 0.474 bits per heavy atom. The summed E-state index contributed by atoms with van der Waals surface area (Å²) in [4.78, 5) is 42.1. The molecule has 0 heterocycles. The van der Waals surface area contributed by atoms with E-state index >= 15 is 0 Å². The Hall–Kier alpha value is -2.04. The van der Waals surface area contributed by atoms with Crippen molar-refractivity contribution in [2.24, 2.45) is 0 Å². The van der Waals surface area contributed by atoms with Crippen LogP contribution in [-0.4, -0.2) is 65.9 Å². The number of aliphatic carboxylic acids is 2. The van der Waals surface area contributed by atoms with Crippen molar-refractivity contribution in [2.45, 2.75) is 213 Å². The number of unbranched alkanes of at least 4 members (excludes halogenated alkanes) is 22. The van der Waals surface area contributed by atoms with Crippen LogP contribution in [0.15, 0.2) is 24.3 Å². The van der Waals surface area contributed by atoms with Gasteiger partial charge in [0.15, 0.2) is 0 Å². The van der Waals surface area contributed by atoms with E-state index in [4.69, 9.17) is 24.0 Å². The number of hydrogen-bond donors (Lipinski definition) is 4. The number of hydrogen-bond acceptors (Lipinski definition) is 8. The molecule has 0 amide bonds. The van der Waals surface area contributed by atoms with Gasteiger partial charge in [-0.15, -0.1) is 0 Å². The minimum absolute atomic E-state index is 0.0359. The quantitative estimate of drug-likeness (QED) is 0.0200. The van der Waals surface area contributed by atoms with Crippen LogP contribution in [0.2, 0.25) is 0 Å². The van der Waals surface area contributed by atoms with Crippen molar-refractivity contribution in [3.8, 4) is 0 Å². The van der Waals surface area contributed by atoms with Crippen molar-refractivity contribution < 1.29 is 47.8 Å². The van der Waals surface area contributed by atoms with Crippen LogP contribution in [0.4, 0.5) is 0 Å². The van der Waals surface area contributed by atoms with Crippen LogP contribution in [0.25, 0.3) is 0 Å². The first-order valence-corrected chi connectivity index (χ1v) is 24.4. The third-order valence-corrected chi connectivity index (χ3v) is 10.4. The Kier molecular flexibility index (Phi) is 46.7. The van der Waals surface area contributed by atoms with Crippen molar-refractivity contribution in [3.05, 3.63) is 24.3 Å². The number of rotatable bonds is 43. The van der Waals surface area contributed by atoms with Gasteiger partial charge in [0.25, 0.3) is 0 Å². The van der Waals surface area contributed by atoms with Crippen LogP contribution >= 0.6 is 7.82 Å². The molecular weight excluding hydrogens is 745 g/mol. The zero-order valence-corrected chi connectivity index (χ0v) is 37.3.